The Morgan fingerprint density at radius 2 is 1.79 bits per heavy atom. The Morgan fingerprint density at radius 1 is 1.26 bits per heavy atom. The van der Waals surface area contributed by atoms with E-state index in [1.807, 2.05) is 0 Å². The maximum absolute atomic E-state index is 11.1. The lowest BCUT2D eigenvalue weighted by Gasteiger charge is -2.41. The maximum Gasteiger partial charge on any atom is 0.237 e. The van der Waals surface area contributed by atoms with Crippen LogP contribution in [0, 0.1) is 5.41 Å². The normalized spacial score (nSPS) is 22.9. The Labute approximate surface area is 117 Å². The van der Waals surface area contributed by atoms with Gasteiger partial charge in [-0.1, -0.05) is 26.7 Å². The lowest BCUT2D eigenvalue weighted by atomic mass is 9.74. The van der Waals surface area contributed by atoms with Crippen molar-refractivity contribution >= 4 is 5.91 Å². The summed E-state index contributed by atoms with van der Waals surface area (Å²) in [5.74, 6) is -0.401. The van der Waals surface area contributed by atoms with Gasteiger partial charge in [-0.25, -0.2) is 0 Å². The summed E-state index contributed by atoms with van der Waals surface area (Å²) in [5, 5.41) is 0. The molecular formula is C15H31N3O. The van der Waals surface area contributed by atoms with Crippen molar-refractivity contribution < 1.29 is 4.79 Å². The molecule has 1 heterocycles. The molecule has 0 aromatic rings. The summed E-state index contributed by atoms with van der Waals surface area (Å²) in [7, 11) is 0. The summed E-state index contributed by atoms with van der Waals surface area (Å²) in [6.45, 7) is 9.74. The molecule has 4 N–H and O–H groups in total. The van der Waals surface area contributed by atoms with Crippen LogP contribution in [0.3, 0.4) is 0 Å². The zero-order chi connectivity index (χ0) is 14.5. The van der Waals surface area contributed by atoms with Crippen LogP contribution in [0.15, 0.2) is 0 Å². The highest BCUT2D eigenvalue weighted by molar-refractivity contribution is 5.83. The van der Waals surface area contributed by atoms with Crippen molar-refractivity contribution in [2.45, 2.75) is 64.8 Å². The van der Waals surface area contributed by atoms with Crippen LogP contribution < -0.4 is 11.5 Å². The summed E-state index contributed by atoms with van der Waals surface area (Å²) in [6, 6.07) is 0. The fraction of sp³-hybridized carbons (Fsp3) is 0.933. The largest absolute Gasteiger partial charge is 0.368 e. The summed E-state index contributed by atoms with van der Waals surface area (Å²) in [6.07, 6.45) is 6.80. The molecule has 0 saturated carbocycles. The molecule has 1 rings (SSSR count). The van der Waals surface area contributed by atoms with Crippen molar-refractivity contribution in [2.24, 2.45) is 16.9 Å². The Kier molecular flexibility index (Phi) is 5.81. The van der Waals surface area contributed by atoms with E-state index in [1.165, 1.54) is 38.8 Å². The van der Waals surface area contributed by atoms with Gasteiger partial charge in [0.05, 0.1) is 5.54 Å². The SMILES string of the molecule is CCC1(CC)CCN(CCCC(C)(N)C(N)=O)CC1. The quantitative estimate of drug-likeness (QED) is 0.741. The van der Waals surface area contributed by atoms with Crippen LogP contribution in [0.25, 0.3) is 0 Å². The third-order valence-corrected chi connectivity index (χ3v) is 5.15. The van der Waals surface area contributed by atoms with E-state index in [9.17, 15) is 4.79 Å². The second kappa shape index (κ2) is 6.71. The highest BCUT2D eigenvalue weighted by atomic mass is 16.1. The van der Waals surface area contributed by atoms with Crippen LogP contribution in [-0.2, 0) is 4.79 Å². The van der Waals surface area contributed by atoms with E-state index in [-0.39, 0.29) is 0 Å². The molecule has 1 aliphatic heterocycles. The molecule has 112 valence electrons. The van der Waals surface area contributed by atoms with Gasteiger partial charge >= 0.3 is 0 Å². The number of likely N-dealkylation sites (tertiary alicyclic amines) is 1. The number of carbonyl (C=O) groups excluding carboxylic acids is 1. The lowest BCUT2D eigenvalue weighted by Crippen LogP contribution is -2.49. The lowest BCUT2D eigenvalue weighted by molar-refractivity contribution is -0.122. The van der Waals surface area contributed by atoms with Gasteiger partial charge in [-0.05, 0) is 57.7 Å². The average Bonchev–Trinajstić information content (AvgIpc) is 2.39. The average molecular weight is 269 g/mol. The molecule has 4 heteroatoms. The first-order valence-electron chi connectivity index (χ1n) is 7.66. The molecule has 0 bridgehead atoms. The van der Waals surface area contributed by atoms with Gasteiger partial charge in [0.25, 0.3) is 0 Å². The first-order valence-corrected chi connectivity index (χ1v) is 7.66. The van der Waals surface area contributed by atoms with Crippen LogP contribution in [0.1, 0.15) is 59.3 Å². The van der Waals surface area contributed by atoms with Crippen molar-refractivity contribution in [1.82, 2.24) is 4.90 Å². The molecule has 1 aliphatic rings. The number of nitrogens with two attached hydrogens (primary N) is 2. The van der Waals surface area contributed by atoms with Gasteiger partial charge in [0.1, 0.15) is 0 Å². The highest BCUT2D eigenvalue weighted by Crippen LogP contribution is 2.37. The van der Waals surface area contributed by atoms with Gasteiger partial charge in [0.2, 0.25) is 5.91 Å². The van der Waals surface area contributed by atoms with Crippen molar-refractivity contribution in [3.63, 3.8) is 0 Å². The molecule has 0 aromatic carbocycles. The molecule has 19 heavy (non-hydrogen) atoms. The zero-order valence-electron chi connectivity index (χ0n) is 12.9. The molecule has 1 saturated heterocycles. The molecular weight excluding hydrogens is 238 g/mol. The van der Waals surface area contributed by atoms with Crippen LogP contribution >= 0.6 is 0 Å². The van der Waals surface area contributed by atoms with Gasteiger partial charge in [-0.15, -0.1) is 0 Å². The van der Waals surface area contributed by atoms with Gasteiger partial charge in [-0.2, -0.15) is 0 Å². The van der Waals surface area contributed by atoms with E-state index in [1.54, 1.807) is 6.92 Å². The molecule has 0 spiro atoms. The molecule has 0 aromatic heterocycles. The summed E-state index contributed by atoms with van der Waals surface area (Å²) >= 11 is 0. The predicted molar refractivity (Wildman–Crippen MR) is 79.7 cm³/mol. The molecule has 1 unspecified atom stereocenters. The zero-order valence-corrected chi connectivity index (χ0v) is 12.9. The van der Waals surface area contributed by atoms with E-state index in [0.717, 1.165) is 13.0 Å². The van der Waals surface area contributed by atoms with Crippen LogP contribution in [-0.4, -0.2) is 36.0 Å². The number of primary amides is 1. The number of piperidine rings is 1. The molecule has 1 amide bonds. The molecule has 0 aliphatic carbocycles. The Morgan fingerprint density at radius 3 is 2.21 bits per heavy atom. The smallest absolute Gasteiger partial charge is 0.237 e. The summed E-state index contributed by atoms with van der Waals surface area (Å²) in [5.41, 5.74) is 10.9. The second-order valence-electron chi connectivity index (χ2n) is 6.43. The Hall–Kier alpha value is -0.610. The molecule has 0 radical (unpaired) electrons. The van der Waals surface area contributed by atoms with Crippen molar-refractivity contribution in [3.8, 4) is 0 Å². The number of amides is 1. The minimum absolute atomic E-state index is 0.401. The number of nitrogens with zero attached hydrogens (tertiary/aromatic N) is 1. The Bertz CT molecular complexity index is 288. The third-order valence-electron chi connectivity index (χ3n) is 5.15. The fourth-order valence-corrected chi connectivity index (χ4v) is 3.00. The first-order chi connectivity index (χ1) is 8.85. The Balaban J connectivity index is 2.29. The number of hydrogen-bond donors (Lipinski definition) is 2. The topological polar surface area (TPSA) is 72.3 Å². The van der Waals surface area contributed by atoms with E-state index < -0.39 is 11.4 Å². The van der Waals surface area contributed by atoms with Gasteiger partial charge < -0.3 is 16.4 Å². The number of hydrogen-bond acceptors (Lipinski definition) is 3. The minimum atomic E-state index is -0.855. The van der Waals surface area contributed by atoms with Crippen LogP contribution in [0.2, 0.25) is 0 Å². The molecule has 1 fully saturated rings. The van der Waals surface area contributed by atoms with Crippen molar-refractivity contribution in [1.29, 1.82) is 0 Å². The standard InChI is InChI=1S/C15H31N3O/c1-4-15(5-2)8-11-18(12-9-15)10-6-7-14(3,17)13(16)19/h4-12,17H2,1-3H3,(H2,16,19). The van der Waals surface area contributed by atoms with E-state index in [2.05, 4.69) is 18.7 Å². The van der Waals surface area contributed by atoms with E-state index in [0.29, 0.717) is 11.8 Å². The third kappa shape index (κ3) is 4.46. The fourth-order valence-electron chi connectivity index (χ4n) is 3.00. The van der Waals surface area contributed by atoms with Gasteiger partial charge in [0.15, 0.2) is 0 Å². The summed E-state index contributed by atoms with van der Waals surface area (Å²) in [4.78, 5) is 13.7. The molecule has 4 nitrogen and oxygen atoms in total. The minimum Gasteiger partial charge on any atom is -0.368 e. The maximum atomic E-state index is 11.1. The number of carbonyl (C=O) groups is 1. The first kappa shape index (κ1) is 16.4. The number of rotatable bonds is 7. The summed E-state index contributed by atoms with van der Waals surface area (Å²) < 4.78 is 0. The van der Waals surface area contributed by atoms with E-state index >= 15 is 0 Å². The van der Waals surface area contributed by atoms with Gasteiger partial charge in [0, 0.05) is 0 Å². The second-order valence-corrected chi connectivity index (χ2v) is 6.43. The predicted octanol–water partition coefficient (Wildman–Crippen LogP) is 1.87. The van der Waals surface area contributed by atoms with Crippen LogP contribution in [0.5, 0.6) is 0 Å². The monoisotopic (exact) mass is 269 g/mol. The van der Waals surface area contributed by atoms with Gasteiger partial charge in [-0.3, -0.25) is 4.79 Å². The highest BCUT2D eigenvalue weighted by Gasteiger charge is 2.31. The van der Waals surface area contributed by atoms with Crippen molar-refractivity contribution in [3.05, 3.63) is 0 Å². The van der Waals surface area contributed by atoms with Crippen molar-refractivity contribution in [2.75, 3.05) is 19.6 Å². The van der Waals surface area contributed by atoms with Crippen LogP contribution in [0.4, 0.5) is 0 Å². The van der Waals surface area contributed by atoms with E-state index in [4.69, 9.17) is 11.5 Å². The molecule has 1 atom stereocenters.